The van der Waals surface area contributed by atoms with E-state index in [9.17, 15) is 4.79 Å². The van der Waals surface area contributed by atoms with Crippen molar-refractivity contribution in [1.29, 1.82) is 0 Å². The maximum Gasteiger partial charge on any atom is 0.251 e. The molecule has 4 rings (SSSR count). The van der Waals surface area contributed by atoms with Crippen LogP contribution in [0, 0.1) is 13.8 Å². The fourth-order valence-electron chi connectivity index (χ4n) is 3.29. The molecule has 0 amide bonds. The summed E-state index contributed by atoms with van der Waals surface area (Å²) in [5.74, 6) is 0. The first-order valence-electron chi connectivity index (χ1n) is 7.52. The largest absolute Gasteiger partial charge is 0.321 e. The molecule has 2 aromatic heterocycles. The number of H-pyrrole nitrogens is 1. The van der Waals surface area contributed by atoms with E-state index in [0.29, 0.717) is 5.02 Å². The predicted octanol–water partition coefficient (Wildman–Crippen LogP) is 4.28. The molecule has 3 nitrogen and oxygen atoms in total. The van der Waals surface area contributed by atoms with E-state index in [0.717, 1.165) is 45.6 Å². The van der Waals surface area contributed by atoms with Gasteiger partial charge in [-0.05, 0) is 48.7 Å². The molecule has 2 heterocycles. The second kappa shape index (κ2) is 5.07. The first-order valence-corrected chi connectivity index (χ1v) is 7.90. The molecule has 0 fully saturated rings. The fraction of sp³-hybridized carbons (Fsp3) is 0.158. The molecule has 1 aliphatic carbocycles. The van der Waals surface area contributed by atoms with Crippen molar-refractivity contribution in [1.82, 2.24) is 9.97 Å². The maximum atomic E-state index is 12.4. The SMILES string of the molecule is Cc1ccc(-c2c3c([nH]c(=O)c2C)-c2cc(Cl)ccc2C3)cn1. The van der Waals surface area contributed by atoms with E-state index in [-0.39, 0.29) is 5.56 Å². The van der Waals surface area contributed by atoms with Crippen molar-refractivity contribution in [2.75, 3.05) is 0 Å². The van der Waals surface area contributed by atoms with Gasteiger partial charge in [0.25, 0.3) is 5.56 Å². The second-order valence-corrected chi connectivity index (χ2v) is 6.41. The molecule has 0 saturated carbocycles. The number of nitrogens with one attached hydrogen (secondary N) is 1. The van der Waals surface area contributed by atoms with Crippen molar-refractivity contribution < 1.29 is 0 Å². The van der Waals surface area contributed by atoms with Crippen LogP contribution in [0.5, 0.6) is 0 Å². The van der Waals surface area contributed by atoms with Gasteiger partial charge in [-0.3, -0.25) is 9.78 Å². The average Bonchev–Trinajstić information content (AvgIpc) is 2.87. The molecule has 23 heavy (non-hydrogen) atoms. The van der Waals surface area contributed by atoms with Gasteiger partial charge < -0.3 is 4.98 Å². The zero-order chi connectivity index (χ0) is 16.1. The highest BCUT2D eigenvalue weighted by Crippen LogP contribution is 2.41. The zero-order valence-electron chi connectivity index (χ0n) is 12.9. The molecule has 114 valence electrons. The average molecular weight is 323 g/mol. The van der Waals surface area contributed by atoms with Gasteiger partial charge in [0.1, 0.15) is 0 Å². The Kier molecular flexibility index (Phi) is 3.13. The lowest BCUT2D eigenvalue weighted by molar-refractivity contribution is 1.14. The van der Waals surface area contributed by atoms with Crippen LogP contribution >= 0.6 is 11.6 Å². The summed E-state index contributed by atoms with van der Waals surface area (Å²) >= 11 is 6.13. The smallest absolute Gasteiger partial charge is 0.251 e. The molecule has 4 heteroatoms. The van der Waals surface area contributed by atoms with Gasteiger partial charge in [0.2, 0.25) is 0 Å². The lowest BCUT2D eigenvalue weighted by Gasteiger charge is -2.12. The Morgan fingerprint density at radius 3 is 2.74 bits per heavy atom. The number of pyridine rings is 2. The van der Waals surface area contributed by atoms with Crippen LogP contribution in [0.15, 0.2) is 41.3 Å². The van der Waals surface area contributed by atoms with Gasteiger partial charge >= 0.3 is 0 Å². The van der Waals surface area contributed by atoms with Crippen molar-refractivity contribution >= 4 is 11.6 Å². The quantitative estimate of drug-likeness (QED) is 0.568. The molecule has 3 aromatic rings. The molecule has 1 aliphatic rings. The van der Waals surface area contributed by atoms with Gasteiger partial charge in [0, 0.05) is 40.0 Å². The summed E-state index contributed by atoms with van der Waals surface area (Å²) in [5, 5.41) is 0.677. The van der Waals surface area contributed by atoms with Gasteiger partial charge in [0.15, 0.2) is 0 Å². The summed E-state index contributed by atoms with van der Waals surface area (Å²) in [6.45, 7) is 3.82. The van der Waals surface area contributed by atoms with E-state index in [4.69, 9.17) is 11.6 Å². The Bertz CT molecular complexity index is 987. The number of nitrogens with zero attached hydrogens (tertiary/aromatic N) is 1. The minimum Gasteiger partial charge on any atom is -0.321 e. The fourth-order valence-corrected chi connectivity index (χ4v) is 3.46. The van der Waals surface area contributed by atoms with Gasteiger partial charge in [-0.1, -0.05) is 23.7 Å². The van der Waals surface area contributed by atoms with Crippen LogP contribution in [0.4, 0.5) is 0 Å². The van der Waals surface area contributed by atoms with Crippen LogP contribution in [0.3, 0.4) is 0 Å². The van der Waals surface area contributed by atoms with Crippen molar-refractivity contribution in [3.8, 4) is 22.4 Å². The lowest BCUT2D eigenvalue weighted by Crippen LogP contribution is -2.13. The van der Waals surface area contributed by atoms with Crippen LogP contribution in [-0.4, -0.2) is 9.97 Å². The molecule has 0 saturated heterocycles. The predicted molar refractivity (Wildman–Crippen MR) is 93.0 cm³/mol. The molecule has 0 radical (unpaired) electrons. The van der Waals surface area contributed by atoms with Crippen LogP contribution in [0.25, 0.3) is 22.4 Å². The summed E-state index contributed by atoms with van der Waals surface area (Å²) in [6, 6.07) is 9.85. The maximum absolute atomic E-state index is 12.4. The minimum atomic E-state index is -0.0628. The third-order valence-electron chi connectivity index (χ3n) is 4.47. The van der Waals surface area contributed by atoms with E-state index in [1.165, 1.54) is 5.56 Å². The number of hydrogen-bond acceptors (Lipinski definition) is 2. The standard InChI is InChI=1S/C19H15ClN2O/c1-10-3-4-13(9-21-10)17-11(2)19(23)22-18-15-8-14(20)6-5-12(15)7-16(17)18/h3-6,8-9H,7H2,1-2H3,(H,22,23). The lowest BCUT2D eigenvalue weighted by atomic mass is 9.96. The highest BCUT2D eigenvalue weighted by molar-refractivity contribution is 6.31. The van der Waals surface area contributed by atoms with E-state index < -0.39 is 0 Å². The Hall–Kier alpha value is -2.39. The van der Waals surface area contributed by atoms with Crippen molar-refractivity contribution in [3.63, 3.8) is 0 Å². The normalized spacial score (nSPS) is 12.1. The monoisotopic (exact) mass is 322 g/mol. The Morgan fingerprint density at radius 2 is 2.00 bits per heavy atom. The highest BCUT2D eigenvalue weighted by atomic mass is 35.5. The molecule has 0 atom stereocenters. The van der Waals surface area contributed by atoms with Crippen molar-refractivity contribution in [3.05, 3.63) is 74.3 Å². The van der Waals surface area contributed by atoms with Crippen LogP contribution < -0.4 is 5.56 Å². The first kappa shape index (κ1) is 14.2. The Balaban J connectivity index is 2.02. The number of rotatable bonds is 1. The first-order chi connectivity index (χ1) is 11.0. The molecule has 1 N–H and O–H groups in total. The molecule has 0 spiro atoms. The van der Waals surface area contributed by atoms with E-state index in [2.05, 4.69) is 9.97 Å². The van der Waals surface area contributed by atoms with Gasteiger partial charge in [0.05, 0.1) is 5.69 Å². The number of hydrogen-bond donors (Lipinski definition) is 1. The van der Waals surface area contributed by atoms with Crippen LogP contribution in [0.2, 0.25) is 5.02 Å². The number of halogens is 1. The Labute approximate surface area is 139 Å². The number of aromatic amines is 1. The molecule has 0 unspecified atom stereocenters. The summed E-state index contributed by atoms with van der Waals surface area (Å²) < 4.78 is 0. The van der Waals surface area contributed by atoms with E-state index >= 15 is 0 Å². The second-order valence-electron chi connectivity index (χ2n) is 5.97. The molecular weight excluding hydrogens is 308 g/mol. The topological polar surface area (TPSA) is 45.8 Å². The third kappa shape index (κ3) is 2.20. The summed E-state index contributed by atoms with van der Waals surface area (Å²) in [6.07, 6.45) is 2.63. The molecule has 0 bridgehead atoms. The number of aryl methyl sites for hydroxylation is 1. The van der Waals surface area contributed by atoms with E-state index in [1.54, 1.807) is 0 Å². The third-order valence-corrected chi connectivity index (χ3v) is 4.70. The number of benzene rings is 1. The highest BCUT2D eigenvalue weighted by Gasteiger charge is 2.25. The van der Waals surface area contributed by atoms with Crippen molar-refractivity contribution in [2.45, 2.75) is 20.3 Å². The van der Waals surface area contributed by atoms with Gasteiger partial charge in [-0.2, -0.15) is 0 Å². The minimum absolute atomic E-state index is 0.0628. The summed E-state index contributed by atoms with van der Waals surface area (Å²) in [7, 11) is 0. The number of fused-ring (bicyclic) bond motifs is 3. The van der Waals surface area contributed by atoms with Crippen LogP contribution in [0.1, 0.15) is 22.4 Å². The molecule has 1 aromatic carbocycles. The van der Waals surface area contributed by atoms with Gasteiger partial charge in [-0.25, -0.2) is 0 Å². The number of aromatic nitrogens is 2. The van der Waals surface area contributed by atoms with Crippen molar-refractivity contribution in [2.24, 2.45) is 0 Å². The van der Waals surface area contributed by atoms with Gasteiger partial charge in [-0.15, -0.1) is 0 Å². The Morgan fingerprint density at radius 1 is 1.17 bits per heavy atom. The van der Waals surface area contributed by atoms with E-state index in [1.807, 2.05) is 50.4 Å². The zero-order valence-corrected chi connectivity index (χ0v) is 13.7. The summed E-state index contributed by atoms with van der Waals surface area (Å²) in [5.41, 5.74) is 7.83. The van der Waals surface area contributed by atoms with Crippen LogP contribution in [-0.2, 0) is 6.42 Å². The summed E-state index contributed by atoms with van der Waals surface area (Å²) in [4.78, 5) is 19.8. The molecule has 0 aliphatic heterocycles. The molecular formula is C19H15ClN2O.